The van der Waals surface area contributed by atoms with Gasteiger partial charge in [-0.1, -0.05) is 51.1 Å². The minimum atomic E-state index is -0.588. The molecule has 0 aromatic heterocycles. The van der Waals surface area contributed by atoms with E-state index in [0.717, 1.165) is 5.56 Å². The summed E-state index contributed by atoms with van der Waals surface area (Å²) in [6.07, 6.45) is 1.46. The zero-order valence-corrected chi connectivity index (χ0v) is 15.7. The molecule has 3 N–H and O–H groups in total. The van der Waals surface area contributed by atoms with Crippen molar-refractivity contribution in [3.8, 4) is 0 Å². The van der Waals surface area contributed by atoms with Crippen LogP contribution in [0.25, 0.3) is 0 Å². The van der Waals surface area contributed by atoms with E-state index in [1.807, 2.05) is 44.2 Å². The highest BCUT2D eigenvalue weighted by atomic mass is 35.5. The van der Waals surface area contributed by atoms with Gasteiger partial charge in [-0.25, -0.2) is 0 Å². The van der Waals surface area contributed by atoms with Crippen molar-refractivity contribution < 1.29 is 14.3 Å². The first kappa shape index (κ1) is 22.4. The van der Waals surface area contributed by atoms with Crippen molar-refractivity contribution in [2.75, 3.05) is 7.11 Å². The lowest BCUT2D eigenvalue weighted by Gasteiger charge is -2.34. The van der Waals surface area contributed by atoms with Gasteiger partial charge in [-0.05, 0) is 18.4 Å². The van der Waals surface area contributed by atoms with Gasteiger partial charge in [0.1, 0.15) is 0 Å². The summed E-state index contributed by atoms with van der Waals surface area (Å²) in [4.78, 5) is 24.3. The van der Waals surface area contributed by atoms with Crippen LogP contribution in [0.2, 0.25) is 0 Å². The van der Waals surface area contributed by atoms with E-state index in [0.29, 0.717) is 12.8 Å². The average molecular weight is 357 g/mol. The number of methoxy groups -OCH3 is 1. The highest BCUT2D eigenvalue weighted by molar-refractivity contribution is 5.85. The van der Waals surface area contributed by atoms with E-state index in [1.165, 1.54) is 7.11 Å². The normalized spacial score (nSPS) is 13.4. The second-order valence-corrected chi connectivity index (χ2v) is 5.95. The Morgan fingerprint density at radius 2 is 1.75 bits per heavy atom. The van der Waals surface area contributed by atoms with E-state index in [-0.39, 0.29) is 36.7 Å². The van der Waals surface area contributed by atoms with Crippen LogP contribution in [0.3, 0.4) is 0 Å². The number of nitrogens with two attached hydrogens (primary N) is 1. The summed E-state index contributed by atoms with van der Waals surface area (Å²) in [5.41, 5.74) is 6.55. The van der Waals surface area contributed by atoms with Crippen molar-refractivity contribution in [2.45, 2.75) is 51.6 Å². The van der Waals surface area contributed by atoms with E-state index in [1.54, 1.807) is 6.92 Å². The van der Waals surface area contributed by atoms with Crippen LogP contribution in [-0.4, -0.2) is 24.5 Å². The maximum Gasteiger partial charge on any atom is 0.307 e. The average Bonchev–Trinajstić information content (AvgIpc) is 2.60. The van der Waals surface area contributed by atoms with Gasteiger partial charge >= 0.3 is 5.97 Å². The molecule has 0 saturated carbocycles. The fraction of sp³-hybridized carbons (Fsp3) is 0.556. The summed E-state index contributed by atoms with van der Waals surface area (Å²) in [6.45, 7) is 5.71. The summed E-state index contributed by atoms with van der Waals surface area (Å²) in [5.74, 6) is -0.865. The molecule has 1 amide bonds. The van der Waals surface area contributed by atoms with Crippen molar-refractivity contribution in [1.82, 2.24) is 5.32 Å². The van der Waals surface area contributed by atoms with Crippen molar-refractivity contribution in [1.29, 1.82) is 0 Å². The summed E-state index contributed by atoms with van der Waals surface area (Å²) in [5, 5.41) is 3.03. The SMILES string of the molecule is CCC(CC)(CC(=O)OC)NC(=O)C(C)C(N)c1ccccc1.Cl. The lowest BCUT2D eigenvalue weighted by Crippen LogP contribution is -2.52. The smallest absolute Gasteiger partial charge is 0.307 e. The molecule has 2 atom stereocenters. The Kier molecular flexibility index (Phi) is 9.63. The van der Waals surface area contributed by atoms with E-state index in [2.05, 4.69) is 5.32 Å². The number of carbonyl (C=O) groups is 2. The molecule has 0 spiro atoms. The van der Waals surface area contributed by atoms with Gasteiger partial charge in [0.05, 0.1) is 19.4 Å². The summed E-state index contributed by atoms with van der Waals surface area (Å²) in [7, 11) is 1.36. The van der Waals surface area contributed by atoms with Gasteiger partial charge in [-0.15, -0.1) is 12.4 Å². The van der Waals surface area contributed by atoms with Crippen molar-refractivity contribution in [3.63, 3.8) is 0 Å². The first-order valence-corrected chi connectivity index (χ1v) is 8.08. The van der Waals surface area contributed by atoms with E-state index < -0.39 is 11.5 Å². The number of hydrogen-bond donors (Lipinski definition) is 2. The molecule has 2 unspecified atom stereocenters. The number of esters is 1. The van der Waals surface area contributed by atoms with Gasteiger partial charge < -0.3 is 15.8 Å². The minimum Gasteiger partial charge on any atom is -0.469 e. The number of benzene rings is 1. The van der Waals surface area contributed by atoms with E-state index >= 15 is 0 Å². The van der Waals surface area contributed by atoms with Crippen molar-refractivity contribution in [2.24, 2.45) is 11.7 Å². The molecule has 1 rings (SSSR count). The summed E-state index contributed by atoms with van der Waals surface area (Å²) >= 11 is 0. The van der Waals surface area contributed by atoms with E-state index in [4.69, 9.17) is 10.5 Å². The number of rotatable bonds is 8. The molecule has 6 heteroatoms. The predicted octanol–water partition coefficient (Wildman–Crippen LogP) is 2.98. The predicted molar refractivity (Wildman–Crippen MR) is 97.9 cm³/mol. The first-order chi connectivity index (χ1) is 10.9. The van der Waals surface area contributed by atoms with Gasteiger partial charge in [0.15, 0.2) is 0 Å². The van der Waals surface area contributed by atoms with Crippen LogP contribution >= 0.6 is 12.4 Å². The molecule has 5 nitrogen and oxygen atoms in total. The van der Waals surface area contributed by atoms with Crippen LogP contribution in [0.5, 0.6) is 0 Å². The third-order valence-corrected chi connectivity index (χ3v) is 4.59. The Labute approximate surface area is 150 Å². The van der Waals surface area contributed by atoms with Gasteiger partial charge in [0.25, 0.3) is 0 Å². The molecule has 136 valence electrons. The largest absolute Gasteiger partial charge is 0.469 e. The molecule has 1 aromatic rings. The lowest BCUT2D eigenvalue weighted by atomic mass is 9.87. The third kappa shape index (κ3) is 5.80. The Balaban J connectivity index is 0.00000529. The monoisotopic (exact) mass is 356 g/mol. The Hall–Kier alpha value is -1.59. The second-order valence-electron chi connectivity index (χ2n) is 5.95. The quantitative estimate of drug-likeness (QED) is 0.701. The fourth-order valence-electron chi connectivity index (χ4n) is 2.57. The first-order valence-electron chi connectivity index (χ1n) is 8.08. The molecule has 0 aliphatic heterocycles. The number of nitrogens with one attached hydrogen (secondary N) is 1. The molecule has 24 heavy (non-hydrogen) atoms. The number of ether oxygens (including phenoxy) is 1. The Bertz CT molecular complexity index is 518. The molecule has 0 saturated heterocycles. The number of amides is 1. The second kappa shape index (κ2) is 10.3. The van der Waals surface area contributed by atoms with Crippen LogP contribution in [-0.2, 0) is 14.3 Å². The maximum atomic E-state index is 12.6. The van der Waals surface area contributed by atoms with Gasteiger partial charge in [-0.2, -0.15) is 0 Å². The van der Waals surface area contributed by atoms with Crippen LogP contribution in [0.4, 0.5) is 0 Å². The van der Waals surface area contributed by atoms with Crippen LogP contribution in [0.15, 0.2) is 30.3 Å². The molecule has 0 heterocycles. The standard InChI is InChI=1S/C18H28N2O3.ClH/c1-5-18(6-2,12-15(21)23-4)20-17(22)13(3)16(19)14-10-8-7-9-11-14;/h7-11,13,16H,5-6,12,19H2,1-4H3,(H,20,22);1H. The zero-order chi connectivity index (χ0) is 17.5. The highest BCUT2D eigenvalue weighted by Gasteiger charge is 2.34. The summed E-state index contributed by atoms with van der Waals surface area (Å²) in [6, 6.07) is 9.15. The Morgan fingerprint density at radius 1 is 1.21 bits per heavy atom. The molecule has 1 aromatic carbocycles. The molecular formula is C18H29ClN2O3. The molecule has 0 bridgehead atoms. The number of hydrogen-bond acceptors (Lipinski definition) is 4. The number of halogens is 1. The van der Waals surface area contributed by atoms with Crippen LogP contribution < -0.4 is 11.1 Å². The van der Waals surface area contributed by atoms with Crippen molar-refractivity contribution in [3.05, 3.63) is 35.9 Å². The highest BCUT2D eigenvalue weighted by Crippen LogP contribution is 2.24. The fourth-order valence-corrected chi connectivity index (χ4v) is 2.57. The molecule has 0 aliphatic rings. The topological polar surface area (TPSA) is 81.4 Å². The van der Waals surface area contributed by atoms with Crippen LogP contribution in [0, 0.1) is 5.92 Å². The molecule has 0 fully saturated rings. The van der Waals surface area contributed by atoms with Gasteiger partial charge in [0.2, 0.25) is 5.91 Å². The van der Waals surface area contributed by atoms with E-state index in [9.17, 15) is 9.59 Å². The maximum absolute atomic E-state index is 12.6. The van der Waals surface area contributed by atoms with Crippen LogP contribution in [0.1, 0.15) is 51.6 Å². The lowest BCUT2D eigenvalue weighted by molar-refractivity contribution is -0.143. The van der Waals surface area contributed by atoms with Gasteiger partial charge in [0, 0.05) is 11.6 Å². The Morgan fingerprint density at radius 3 is 2.21 bits per heavy atom. The zero-order valence-electron chi connectivity index (χ0n) is 14.9. The summed E-state index contributed by atoms with van der Waals surface area (Å²) < 4.78 is 4.75. The minimum absolute atomic E-state index is 0. The number of carbonyl (C=O) groups excluding carboxylic acids is 2. The third-order valence-electron chi connectivity index (χ3n) is 4.59. The molecule has 0 aliphatic carbocycles. The van der Waals surface area contributed by atoms with Gasteiger partial charge in [-0.3, -0.25) is 9.59 Å². The molecule has 0 radical (unpaired) electrons. The van der Waals surface area contributed by atoms with Crippen molar-refractivity contribution >= 4 is 24.3 Å². The molecular weight excluding hydrogens is 328 g/mol.